The Morgan fingerprint density at radius 3 is 2.47 bits per heavy atom. The molecule has 0 aromatic rings. The number of likely N-dealkylation sites (tertiary alicyclic amines) is 1. The van der Waals surface area contributed by atoms with Crippen molar-refractivity contribution in [1.82, 2.24) is 10.2 Å². The summed E-state index contributed by atoms with van der Waals surface area (Å²) >= 11 is 0. The lowest BCUT2D eigenvalue weighted by atomic mass is 9.78. The third kappa shape index (κ3) is 3.04. The fraction of sp³-hybridized carbons (Fsp3) is 0.933. The van der Waals surface area contributed by atoms with Crippen LogP contribution >= 0.6 is 0 Å². The van der Waals surface area contributed by atoms with E-state index in [2.05, 4.69) is 5.32 Å². The van der Waals surface area contributed by atoms with E-state index in [1.54, 1.807) is 0 Å². The van der Waals surface area contributed by atoms with Gasteiger partial charge in [0, 0.05) is 24.5 Å². The number of rotatable bonds is 2. The largest absolute Gasteiger partial charge is 0.393 e. The molecule has 2 saturated carbocycles. The van der Waals surface area contributed by atoms with Crippen LogP contribution in [-0.4, -0.2) is 40.8 Å². The van der Waals surface area contributed by atoms with Gasteiger partial charge in [-0.2, -0.15) is 0 Å². The number of carbonyl (C=O) groups excluding carboxylic acids is 1. The predicted molar refractivity (Wildman–Crippen MR) is 73.9 cm³/mol. The van der Waals surface area contributed by atoms with Gasteiger partial charge in [0.25, 0.3) is 0 Å². The van der Waals surface area contributed by atoms with E-state index in [1.807, 2.05) is 4.90 Å². The van der Waals surface area contributed by atoms with Gasteiger partial charge in [-0.3, -0.25) is 0 Å². The Bertz CT molecular complexity index is 330. The first-order valence-corrected chi connectivity index (χ1v) is 8.01. The average Bonchev–Trinajstić information content (AvgIpc) is 3.23. The molecule has 0 radical (unpaired) electrons. The standard InChI is InChI=1S/C15H26N2O2/c18-14-7-2-1-5-12(14)13-6-3-4-10-17(13)15(19)16-11-8-9-11/h11-14,18H,1-10H2,(H,16,19). The fourth-order valence-corrected chi connectivity index (χ4v) is 3.73. The lowest BCUT2D eigenvalue weighted by Gasteiger charge is -2.43. The molecule has 2 amide bonds. The molecule has 2 N–H and O–H groups in total. The zero-order valence-electron chi connectivity index (χ0n) is 11.7. The first-order valence-electron chi connectivity index (χ1n) is 8.01. The van der Waals surface area contributed by atoms with Crippen molar-refractivity contribution >= 4 is 6.03 Å². The molecule has 0 bridgehead atoms. The number of aliphatic hydroxyl groups is 1. The van der Waals surface area contributed by atoms with Crippen LogP contribution in [0.4, 0.5) is 4.79 Å². The van der Waals surface area contributed by atoms with Crippen molar-refractivity contribution < 1.29 is 9.90 Å². The summed E-state index contributed by atoms with van der Waals surface area (Å²) in [6, 6.07) is 0.805. The lowest BCUT2D eigenvalue weighted by molar-refractivity contribution is 0.00835. The van der Waals surface area contributed by atoms with Gasteiger partial charge in [-0.1, -0.05) is 12.8 Å². The Kier molecular flexibility index (Phi) is 3.96. The maximum Gasteiger partial charge on any atom is 0.317 e. The van der Waals surface area contributed by atoms with Gasteiger partial charge in [-0.25, -0.2) is 4.79 Å². The highest BCUT2D eigenvalue weighted by molar-refractivity contribution is 5.75. The van der Waals surface area contributed by atoms with E-state index in [4.69, 9.17) is 0 Å². The second kappa shape index (κ2) is 5.70. The van der Waals surface area contributed by atoms with Crippen LogP contribution in [0, 0.1) is 5.92 Å². The molecule has 1 saturated heterocycles. The minimum Gasteiger partial charge on any atom is -0.393 e. The molecule has 0 aromatic carbocycles. The predicted octanol–water partition coefficient (Wildman–Crippen LogP) is 2.26. The summed E-state index contributed by atoms with van der Waals surface area (Å²) in [6.45, 7) is 0.867. The van der Waals surface area contributed by atoms with Gasteiger partial charge in [-0.05, 0) is 44.9 Å². The first-order chi connectivity index (χ1) is 9.25. The van der Waals surface area contributed by atoms with Crippen LogP contribution in [0.2, 0.25) is 0 Å². The van der Waals surface area contributed by atoms with Crippen molar-refractivity contribution in [1.29, 1.82) is 0 Å². The topological polar surface area (TPSA) is 52.6 Å². The SMILES string of the molecule is O=C(NC1CC1)N1CCCCC1C1CCCCC1O. The van der Waals surface area contributed by atoms with Crippen LogP contribution in [0.5, 0.6) is 0 Å². The van der Waals surface area contributed by atoms with E-state index in [-0.39, 0.29) is 18.2 Å². The highest BCUT2D eigenvalue weighted by Crippen LogP contribution is 2.34. The van der Waals surface area contributed by atoms with Crippen molar-refractivity contribution in [3.63, 3.8) is 0 Å². The molecule has 108 valence electrons. The van der Waals surface area contributed by atoms with E-state index in [1.165, 1.54) is 12.8 Å². The fourth-order valence-electron chi connectivity index (χ4n) is 3.73. The molecule has 3 atom stereocenters. The van der Waals surface area contributed by atoms with E-state index < -0.39 is 0 Å². The van der Waals surface area contributed by atoms with Crippen LogP contribution in [0.25, 0.3) is 0 Å². The average molecular weight is 266 g/mol. The molecule has 1 heterocycles. The van der Waals surface area contributed by atoms with Crippen LogP contribution in [0.15, 0.2) is 0 Å². The Balaban J connectivity index is 1.66. The number of carbonyl (C=O) groups is 1. The molecule has 3 fully saturated rings. The van der Waals surface area contributed by atoms with Crippen molar-refractivity contribution in [3.05, 3.63) is 0 Å². The Hall–Kier alpha value is -0.770. The highest BCUT2D eigenvalue weighted by Gasteiger charge is 2.38. The van der Waals surface area contributed by atoms with E-state index in [0.29, 0.717) is 12.0 Å². The number of hydrogen-bond acceptors (Lipinski definition) is 2. The number of piperidine rings is 1. The molecule has 0 aromatic heterocycles. The van der Waals surface area contributed by atoms with Gasteiger partial charge in [0.05, 0.1) is 6.10 Å². The second-order valence-electron chi connectivity index (χ2n) is 6.50. The Morgan fingerprint density at radius 2 is 1.74 bits per heavy atom. The molecule has 19 heavy (non-hydrogen) atoms. The summed E-state index contributed by atoms with van der Waals surface area (Å²) < 4.78 is 0. The smallest absolute Gasteiger partial charge is 0.317 e. The van der Waals surface area contributed by atoms with Crippen LogP contribution in [-0.2, 0) is 0 Å². The molecule has 0 spiro atoms. The molecule has 3 rings (SSSR count). The van der Waals surface area contributed by atoms with Gasteiger partial charge < -0.3 is 15.3 Å². The van der Waals surface area contributed by atoms with Gasteiger partial charge in [0.2, 0.25) is 0 Å². The maximum atomic E-state index is 12.3. The van der Waals surface area contributed by atoms with E-state index in [9.17, 15) is 9.90 Å². The maximum absolute atomic E-state index is 12.3. The number of urea groups is 1. The number of amides is 2. The van der Waals surface area contributed by atoms with Gasteiger partial charge in [0.15, 0.2) is 0 Å². The summed E-state index contributed by atoms with van der Waals surface area (Å²) in [5, 5.41) is 13.4. The van der Waals surface area contributed by atoms with Crippen LogP contribution in [0.3, 0.4) is 0 Å². The molecular weight excluding hydrogens is 240 g/mol. The highest BCUT2D eigenvalue weighted by atomic mass is 16.3. The third-order valence-corrected chi connectivity index (χ3v) is 4.99. The second-order valence-corrected chi connectivity index (χ2v) is 6.50. The quantitative estimate of drug-likeness (QED) is 0.805. The molecule has 3 aliphatic rings. The molecular formula is C15H26N2O2. The van der Waals surface area contributed by atoms with E-state index in [0.717, 1.165) is 51.5 Å². The molecule has 1 aliphatic heterocycles. The third-order valence-electron chi connectivity index (χ3n) is 4.99. The summed E-state index contributed by atoms with van der Waals surface area (Å²) in [7, 11) is 0. The number of aliphatic hydroxyl groups excluding tert-OH is 1. The minimum atomic E-state index is -0.201. The molecule has 4 heteroatoms. The Morgan fingerprint density at radius 1 is 1.00 bits per heavy atom. The van der Waals surface area contributed by atoms with Gasteiger partial charge >= 0.3 is 6.03 Å². The summed E-state index contributed by atoms with van der Waals surface area (Å²) in [4.78, 5) is 14.4. The monoisotopic (exact) mass is 266 g/mol. The Labute approximate surface area is 115 Å². The first kappa shape index (κ1) is 13.2. The molecule has 2 aliphatic carbocycles. The zero-order valence-corrected chi connectivity index (χ0v) is 11.7. The minimum absolute atomic E-state index is 0.116. The normalized spacial score (nSPS) is 36.1. The van der Waals surface area contributed by atoms with Gasteiger partial charge in [-0.15, -0.1) is 0 Å². The zero-order chi connectivity index (χ0) is 13.2. The summed E-state index contributed by atoms with van der Waals surface area (Å²) in [5.74, 6) is 0.305. The van der Waals surface area contributed by atoms with Crippen LogP contribution in [0.1, 0.15) is 57.8 Å². The van der Waals surface area contributed by atoms with E-state index >= 15 is 0 Å². The summed E-state index contributed by atoms with van der Waals surface area (Å²) in [5.41, 5.74) is 0. The number of nitrogens with zero attached hydrogens (tertiary/aromatic N) is 1. The van der Waals surface area contributed by atoms with Crippen molar-refractivity contribution in [2.75, 3.05) is 6.54 Å². The molecule has 4 nitrogen and oxygen atoms in total. The lowest BCUT2D eigenvalue weighted by Crippen LogP contribution is -2.54. The number of nitrogens with one attached hydrogen (secondary N) is 1. The van der Waals surface area contributed by atoms with Crippen molar-refractivity contribution in [3.8, 4) is 0 Å². The van der Waals surface area contributed by atoms with Gasteiger partial charge in [0.1, 0.15) is 0 Å². The molecule has 3 unspecified atom stereocenters. The van der Waals surface area contributed by atoms with Crippen LogP contribution < -0.4 is 5.32 Å². The van der Waals surface area contributed by atoms with Crippen molar-refractivity contribution in [2.45, 2.75) is 76.0 Å². The van der Waals surface area contributed by atoms with Crippen molar-refractivity contribution in [2.24, 2.45) is 5.92 Å². The summed E-state index contributed by atoms with van der Waals surface area (Å²) in [6.07, 6.45) is 9.78. The number of hydrogen-bond donors (Lipinski definition) is 2.